The highest BCUT2D eigenvalue weighted by atomic mass is 79.9. The van der Waals surface area contributed by atoms with Gasteiger partial charge in [-0.05, 0) is 113 Å². The van der Waals surface area contributed by atoms with Crippen molar-refractivity contribution >= 4 is 48.8 Å². The van der Waals surface area contributed by atoms with Crippen LogP contribution in [0.2, 0.25) is 0 Å². The summed E-state index contributed by atoms with van der Waals surface area (Å²) >= 11 is 7.92. The van der Waals surface area contributed by atoms with E-state index in [1.165, 1.54) is 29.2 Å². The molecule has 1 aliphatic heterocycles. The summed E-state index contributed by atoms with van der Waals surface area (Å²) in [5.74, 6) is 0.436. The molecule has 0 spiro atoms. The van der Waals surface area contributed by atoms with Crippen molar-refractivity contribution in [3.05, 3.63) is 73.0 Å². The summed E-state index contributed by atoms with van der Waals surface area (Å²) in [6.07, 6.45) is 6.39. The van der Waals surface area contributed by atoms with Gasteiger partial charge in [-0.1, -0.05) is 44.9 Å². The summed E-state index contributed by atoms with van der Waals surface area (Å²) in [5.41, 5.74) is 7.94. The quantitative estimate of drug-likeness (QED) is 0.0960. The van der Waals surface area contributed by atoms with Crippen molar-refractivity contribution in [1.29, 1.82) is 0 Å². The van der Waals surface area contributed by atoms with Crippen LogP contribution < -0.4 is 9.93 Å². The number of nitrogens with zero attached hydrogens (tertiary/aromatic N) is 1. The molecule has 0 saturated heterocycles. The van der Waals surface area contributed by atoms with E-state index < -0.39 is 0 Å². The third kappa shape index (κ3) is 5.67. The summed E-state index contributed by atoms with van der Waals surface area (Å²) < 4.78 is 16.4. The second kappa shape index (κ2) is 13.5. The Balaban J connectivity index is 2.29. The molecular weight excluding hydrogens is 630 g/mol. The molecular formula is C34H40Br2NO3+. The third-order valence-electron chi connectivity index (χ3n) is 7.87. The molecule has 1 heterocycles. The van der Waals surface area contributed by atoms with Crippen LogP contribution in [0.3, 0.4) is 0 Å². The number of methoxy groups -OCH3 is 1. The van der Waals surface area contributed by atoms with Gasteiger partial charge in [0.25, 0.3) is 0 Å². The summed E-state index contributed by atoms with van der Waals surface area (Å²) in [5, 5.41) is 2.19. The largest absolute Gasteiger partial charge is 0.465 e. The smallest absolute Gasteiger partial charge is 0.338 e. The maximum absolute atomic E-state index is 13.0. The van der Waals surface area contributed by atoms with E-state index in [1.54, 1.807) is 0 Å². The van der Waals surface area contributed by atoms with E-state index in [-0.39, 0.29) is 5.97 Å². The highest BCUT2D eigenvalue weighted by molar-refractivity contribution is 9.11. The van der Waals surface area contributed by atoms with Gasteiger partial charge in [-0.2, -0.15) is 0 Å². The number of halogens is 2. The molecule has 0 N–H and O–H groups in total. The zero-order chi connectivity index (χ0) is 29.0. The topological polar surface area (TPSA) is 42.5 Å². The number of hydrogen-bond donors (Lipinski definition) is 0. The lowest BCUT2D eigenvalue weighted by Crippen LogP contribution is -2.34. The van der Waals surface area contributed by atoms with Crippen LogP contribution in [0.25, 0.3) is 33.4 Å². The number of ether oxygens (including phenoxy) is 1. The van der Waals surface area contributed by atoms with Crippen LogP contribution in [-0.2, 0) is 17.6 Å². The molecule has 4 rings (SSSR count). The number of unbranched alkanes of at least 4 members (excludes halogenated alkanes) is 2. The number of esters is 1. The molecule has 0 fully saturated rings. The number of aryl methyl sites for hydroxylation is 2. The highest BCUT2D eigenvalue weighted by Crippen LogP contribution is 2.47. The number of hydrogen-bond acceptors (Lipinski definition) is 3. The maximum atomic E-state index is 13.0. The lowest BCUT2D eigenvalue weighted by molar-refractivity contribution is 0.0601. The molecule has 0 unspecified atom stereocenters. The second-order valence-electron chi connectivity index (χ2n) is 10.3. The Bertz CT molecular complexity index is 1580. The van der Waals surface area contributed by atoms with Gasteiger partial charge >= 0.3 is 5.97 Å². The number of rotatable bonds is 10. The molecule has 40 heavy (non-hydrogen) atoms. The summed E-state index contributed by atoms with van der Waals surface area (Å²) in [6.45, 7) is 12.8. The summed E-state index contributed by atoms with van der Waals surface area (Å²) in [6, 6.07) is 12.3. The van der Waals surface area contributed by atoms with Gasteiger partial charge in [0, 0.05) is 22.1 Å². The average Bonchev–Trinajstić information content (AvgIpc) is 2.97. The number of carbonyl (C=O) groups is 1. The molecule has 0 atom stereocenters. The first kappa shape index (κ1) is 30.5. The molecule has 212 valence electrons. The standard InChI is InChI=1S/C34H40Br2NO3/c1-7-11-15-22-19-26-28(24-17-13-14-18-25(24)34(38)39-6)27-20-23(16-12-8-2)31(37(9-3)10-4)30(36)33(27)40-32(26)29(35)21(22)5/h13-14,17-20H,7-12,15-16H2,1-6H3/q+1. The first-order valence-corrected chi connectivity index (χ1v) is 16.1. The maximum Gasteiger partial charge on any atom is 0.338 e. The average molecular weight is 671 g/mol. The van der Waals surface area contributed by atoms with E-state index in [9.17, 15) is 4.79 Å². The Morgan fingerprint density at radius 1 is 0.900 bits per heavy atom. The number of benzene rings is 3. The van der Waals surface area contributed by atoms with E-state index >= 15 is 0 Å². The van der Waals surface area contributed by atoms with Crippen LogP contribution in [-0.4, -0.2) is 26.2 Å². The zero-order valence-electron chi connectivity index (χ0n) is 24.5. The first-order valence-electron chi connectivity index (χ1n) is 14.5. The van der Waals surface area contributed by atoms with Crippen molar-refractivity contribution in [3.8, 4) is 22.5 Å². The molecule has 2 aliphatic rings. The van der Waals surface area contributed by atoms with Crippen molar-refractivity contribution < 1.29 is 13.9 Å². The van der Waals surface area contributed by atoms with Crippen molar-refractivity contribution in [1.82, 2.24) is 4.58 Å². The van der Waals surface area contributed by atoms with Crippen LogP contribution in [0.5, 0.6) is 0 Å². The van der Waals surface area contributed by atoms with E-state index in [0.717, 1.165) is 94.0 Å². The van der Waals surface area contributed by atoms with Gasteiger partial charge < -0.3 is 9.15 Å². The van der Waals surface area contributed by atoms with Crippen molar-refractivity contribution in [2.24, 2.45) is 0 Å². The normalized spacial score (nSPS) is 11.4. The zero-order valence-corrected chi connectivity index (χ0v) is 27.7. The fraction of sp³-hybridized carbons (Fsp3) is 0.412. The first-order chi connectivity index (χ1) is 19.3. The molecule has 4 nitrogen and oxygen atoms in total. The van der Waals surface area contributed by atoms with Crippen LogP contribution >= 0.6 is 31.9 Å². The second-order valence-corrected chi connectivity index (χ2v) is 11.9. The van der Waals surface area contributed by atoms with Gasteiger partial charge in [0.1, 0.15) is 23.1 Å². The molecule has 0 aromatic heterocycles. The summed E-state index contributed by atoms with van der Waals surface area (Å²) in [7, 11) is 1.44. The Morgan fingerprint density at radius 2 is 1.55 bits per heavy atom. The fourth-order valence-corrected chi connectivity index (χ4v) is 6.97. The van der Waals surface area contributed by atoms with Gasteiger partial charge in [0.05, 0.1) is 17.1 Å². The van der Waals surface area contributed by atoms with Crippen LogP contribution in [0.4, 0.5) is 0 Å². The number of carbonyl (C=O) groups excluding carboxylic acids is 1. The van der Waals surface area contributed by atoms with E-state index in [4.69, 9.17) is 9.15 Å². The summed E-state index contributed by atoms with van der Waals surface area (Å²) in [4.78, 5) is 13.0. The lowest BCUT2D eigenvalue weighted by Gasteiger charge is -2.21. The Kier molecular flexibility index (Phi) is 10.3. The predicted octanol–water partition coefficient (Wildman–Crippen LogP) is 9.32. The number of fused-ring (bicyclic) bond motifs is 2. The molecule has 2 aromatic rings. The minimum atomic E-state index is -0.347. The Morgan fingerprint density at radius 3 is 2.17 bits per heavy atom. The van der Waals surface area contributed by atoms with Crippen molar-refractivity contribution in [2.45, 2.75) is 73.1 Å². The Hall–Kier alpha value is -2.44. The molecule has 0 saturated carbocycles. The SMILES string of the molecule is CCCCc1cc2c(-c3ccccc3C(=O)OC)c3cc(CCCC)c(=[N+](CC)CC)c(Br)c-3oc2c(Br)c1C. The van der Waals surface area contributed by atoms with Crippen molar-refractivity contribution in [2.75, 3.05) is 20.2 Å². The third-order valence-corrected chi connectivity index (χ3v) is 9.56. The van der Waals surface area contributed by atoms with Gasteiger partial charge in [0.15, 0.2) is 5.76 Å². The van der Waals surface area contributed by atoms with E-state index in [1.807, 2.05) is 24.3 Å². The highest BCUT2D eigenvalue weighted by Gasteiger charge is 2.29. The van der Waals surface area contributed by atoms with Gasteiger partial charge in [-0.15, -0.1) is 0 Å². The Labute approximate surface area is 255 Å². The minimum absolute atomic E-state index is 0.347. The van der Waals surface area contributed by atoms with Crippen LogP contribution in [0.15, 0.2) is 49.8 Å². The van der Waals surface area contributed by atoms with Gasteiger partial charge in [0.2, 0.25) is 5.36 Å². The van der Waals surface area contributed by atoms with E-state index in [2.05, 4.69) is 83.2 Å². The molecule has 0 bridgehead atoms. The molecule has 0 radical (unpaired) electrons. The molecule has 1 aliphatic carbocycles. The van der Waals surface area contributed by atoms with Crippen molar-refractivity contribution in [3.63, 3.8) is 0 Å². The monoisotopic (exact) mass is 668 g/mol. The molecule has 2 aromatic carbocycles. The van der Waals surface area contributed by atoms with E-state index in [0.29, 0.717) is 5.56 Å². The lowest BCUT2D eigenvalue weighted by atomic mass is 9.87. The van der Waals surface area contributed by atoms with Gasteiger partial charge in [-0.3, -0.25) is 0 Å². The minimum Gasteiger partial charge on any atom is -0.465 e. The van der Waals surface area contributed by atoms with Crippen LogP contribution in [0, 0.1) is 6.92 Å². The van der Waals surface area contributed by atoms with Gasteiger partial charge in [-0.25, -0.2) is 9.37 Å². The predicted molar refractivity (Wildman–Crippen MR) is 173 cm³/mol. The molecule has 6 heteroatoms. The molecule has 0 amide bonds. The fourth-order valence-electron chi connectivity index (χ4n) is 5.62. The van der Waals surface area contributed by atoms with Crippen LogP contribution in [0.1, 0.15) is 80.4 Å².